The molecular formula is C22H16BrN3O4. The van der Waals surface area contributed by atoms with Crippen molar-refractivity contribution in [1.29, 1.82) is 0 Å². The van der Waals surface area contributed by atoms with Crippen LogP contribution in [0.4, 0.5) is 0 Å². The van der Waals surface area contributed by atoms with Gasteiger partial charge in [-0.1, -0.05) is 34.1 Å². The molecule has 1 aliphatic rings. The van der Waals surface area contributed by atoms with Crippen molar-refractivity contribution in [2.45, 2.75) is 13.1 Å². The zero-order chi connectivity index (χ0) is 20.7. The molecule has 30 heavy (non-hydrogen) atoms. The van der Waals surface area contributed by atoms with E-state index < -0.39 is 5.56 Å². The molecule has 2 aromatic heterocycles. The van der Waals surface area contributed by atoms with E-state index in [4.69, 9.17) is 9.47 Å². The predicted octanol–water partition coefficient (Wildman–Crippen LogP) is 3.15. The van der Waals surface area contributed by atoms with Gasteiger partial charge in [0.2, 0.25) is 6.79 Å². The van der Waals surface area contributed by atoms with Crippen molar-refractivity contribution in [3.63, 3.8) is 0 Å². The summed E-state index contributed by atoms with van der Waals surface area (Å²) in [6.07, 6.45) is 1.56. The molecule has 0 saturated carbocycles. The zero-order valence-corrected chi connectivity index (χ0v) is 17.3. The standard InChI is InChI=1S/C22H16BrN3O4/c23-16-6-3-14(4-7-16)11-25-17-2-1-9-24-20(17)21(27)26(22(25)28)12-15-5-8-18-19(10-15)30-13-29-18/h1-10H,11-13H2. The first-order valence-electron chi connectivity index (χ1n) is 9.31. The highest BCUT2D eigenvalue weighted by Gasteiger charge is 2.17. The van der Waals surface area contributed by atoms with Crippen LogP contribution in [-0.4, -0.2) is 20.9 Å². The third kappa shape index (κ3) is 3.29. The maximum atomic E-state index is 13.3. The van der Waals surface area contributed by atoms with Crippen LogP contribution >= 0.6 is 15.9 Å². The maximum Gasteiger partial charge on any atom is 0.332 e. The number of halogens is 1. The first kappa shape index (κ1) is 18.6. The number of nitrogens with zero attached hydrogens (tertiary/aromatic N) is 3. The van der Waals surface area contributed by atoms with E-state index in [0.717, 1.165) is 15.6 Å². The smallest absolute Gasteiger partial charge is 0.332 e. The molecule has 0 atom stereocenters. The van der Waals surface area contributed by atoms with Crippen molar-refractivity contribution in [3.8, 4) is 11.5 Å². The molecule has 0 bridgehead atoms. The summed E-state index contributed by atoms with van der Waals surface area (Å²) in [4.78, 5) is 30.7. The molecule has 150 valence electrons. The Bertz CT molecular complexity index is 1380. The molecule has 0 saturated heterocycles. The third-order valence-corrected chi connectivity index (χ3v) is 5.55. The highest BCUT2D eigenvalue weighted by atomic mass is 79.9. The summed E-state index contributed by atoms with van der Waals surface area (Å²) in [6, 6.07) is 16.6. The molecule has 0 unspecified atom stereocenters. The van der Waals surface area contributed by atoms with Crippen LogP contribution in [0.15, 0.2) is 74.9 Å². The van der Waals surface area contributed by atoms with Gasteiger partial charge in [-0.3, -0.25) is 13.9 Å². The van der Waals surface area contributed by atoms with E-state index >= 15 is 0 Å². The normalized spacial score (nSPS) is 12.4. The molecule has 2 aromatic carbocycles. The van der Waals surface area contributed by atoms with Gasteiger partial charge in [0.1, 0.15) is 0 Å². The lowest BCUT2D eigenvalue weighted by Crippen LogP contribution is -2.40. The van der Waals surface area contributed by atoms with Crippen molar-refractivity contribution in [3.05, 3.63) is 97.2 Å². The number of hydrogen-bond acceptors (Lipinski definition) is 5. The Kier molecular flexibility index (Phi) is 4.63. The van der Waals surface area contributed by atoms with Crippen LogP contribution in [-0.2, 0) is 13.1 Å². The van der Waals surface area contributed by atoms with Crippen LogP contribution < -0.4 is 20.7 Å². The second-order valence-electron chi connectivity index (χ2n) is 6.95. The summed E-state index contributed by atoms with van der Waals surface area (Å²) < 4.78 is 14.5. The minimum absolute atomic E-state index is 0.112. The molecule has 0 radical (unpaired) electrons. The Morgan fingerprint density at radius 3 is 2.47 bits per heavy atom. The Morgan fingerprint density at radius 2 is 1.63 bits per heavy atom. The van der Waals surface area contributed by atoms with Crippen molar-refractivity contribution in [2.24, 2.45) is 0 Å². The van der Waals surface area contributed by atoms with E-state index in [9.17, 15) is 9.59 Å². The van der Waals surface area contributed by atoms with E-state index in [2.05, 4.69) is 20.9 Å². The number of pyridine rings is 1. The van der Waals surface area contributed by atoms with Gasteiger partial charge in [0.25, 0.3) is 5.56 Å². The fourth-order valence-electron chi connectivity index (χ4n) is 3.53. The third-order valence-electron chi connectivity index (χ3n) is 5.02. The summed E-state index contributed by atoms with van der Waals surface area (Å²) in [5.74, 6) is 1.26. The van der Waals surface area contributed by atoms with Gasteiger partial charge >= 0.3 is 5.69 Å². The number of benzene rings is 2. The fraction of sp³-hybridized carbons (Fsp3) is 0.136. The van der Waals surface area contributed by atoms with Crippen LogP contribution in [0.1, 0.15) is 11.1 Å². The summed E-state index contributed by atoms with van der Waals surface area (Å²) in [6.45, 7) is 0.607. The summed E-state index contributed by atoms with van der Waals surface area (Å²) in [7, 11) is 0. The Morgan fingerprint density at radius 1 is 0.900 bits per heavy atom. The summed E-state index contributed by atoms with van der Waals surface area (Å²) in [5.41, 5.74) is 1.68. The van der Waals surface area contributed by atoms with Gasteiger partial charge in [-0.2, -0.15) is 0 Å². The zero-order valence-electron chi connectivity index (χ0n) is 15.7. The molecule has 3 heterocycles. The molecule has 0 aliphatic carbocycles. The molecule has 5 rings (SSSR count). The Labute approximate surface area is 179 Å². The first-order chi connectivity index (χ1) is 14.6. The average molecular weight is 466 g/mol. The van der Waals surface area contributed by atoms with Crippen LogP contribution in [0.25, 0.3) is 11.0 Å². The van der Waals surface area contributed by atoms with Crippen LogP contribution in [0.2, 0.25) is 0 Å². The minimum Gasteiger partial charge on any atom is -0.454 e. The molecule has 1 aliphatic heterocycles. The van der Waals surface area contributed by atoms with Crippen molar-refractivity contribution in [1.82, 2.24) is 14.1 Å². The number of fused-ring (bicyclic) bond motifs is 2. The second kappa shape index (κ2) is 7.46. The topological polar surface area (TPSA) is 75.4 Å². The quantitative estimate of drug-likeness (QED) is 0.462. The lowest BCUT2D eigenvalue weighted by atomic mass is 10.2. The largest absolute Gasteiger partial charge is 0.454 e. The SMILES string of the molecule is O=c1c2ncccc2n(Cc2ccc(Br)cc2)c(=O)n1Cc1ccc2c(c1)OCO2. The van der Waals surface area contributed by atoms with Crippen LogP contribution in [0.3, 0.4) is 0 Å². The summed E-state index contributed by atoms with van der Waals surface area (Å²) >= 11 is 3.42. The van der Waals surface area contributed by atoms with Gasteiger partial charge < -0.3 is 9.47 Å². The van der Waals surface area contributed by atoms with E-state index in [0.29, 0.717) is 23.6 Å². The van der Waals surface area contributed by atoms with E-state index in [1.807, 2.05) is 30.3 Å². The van der Waals surface area contributed by atoms with Gasteiger partial charge in [-0.25, -0.2) is 9.78 Å². The summed E-state index contributed by atoms with van der Waals surface area (Å²) in [5, 5.41) is 0. The Balaban J connectivity index is 1.64. The molecule has 8 heteroatoms. The van der Waals surface area contributed by atoms with E-state index in [-0.39, 0.29) is 24.5 Å². The lowest BCUT2D eigenvalue weighted by Gasteiger charge is -2.14. The van der Waals surface area contributed by atoms with Gasteiger partial charge in [-0.05, 0) is 47.5 Å². The van der Waals surface area contributed by atoms with Crippen LogP contribution in [0, 0.1) is 0 Å². The van der Waals surface area contributed by atoms with Gasteiger partial charge in [0, 0.05) is 10.7 Å². The van der Waals surface area contributed by atoms with Crippen molar-refractivity contribution in [2.75, 3.05) is 6.79 Å². The van der Waals surface area contributed by atoms with Crippen molar-refractivity contribution >= 4 is 27.0 Å². The highest BCUT2D eigenvalue weighted by Crippen LogP contribution is 2.32. The number of rotatable bonds is 4. The van der Waals surface area contributed by atoms with Crippen LogP contribution in [0.5, 0.6) is 11.5 Å². The molecular weight excluding hydrogens is 450 g/mol. The monoisotopic (exact) mass is 465 g/mol. The second-order valence-corrected chi connectivity index (χ2v) is 7.86. The maximum absolute atomic E-state index is 13.3. The van der Waals surface area contributed by atoms with Gasteiger partial charge in [0.15, 0.2) is 17.0 Å². The minimum atomic E-state index is -0.416. The fourth-order valence-corrected chi connectivity index (χ4v) is 3.79. The molecule has 4 aromatic rings. The van der Waals surface area contributed by atoms with Gasteiger partial charge in [0.05, 0.1) is 18.6 Å². The molecule has 0 amide bonds. The Hall–Kier alpha value is -3.39. The molecule has 0 fully saturated rings. The number of ether oxygens (including phenoxy) is 2. The highest BCUT2D eigenvalue weighted by molar-refractivity contribution is 9.10. The van der Waals surface area contributed by atoms with Crippen molar-refractivity contribution < 1.29 is 9.47 Å². The van der Waals surface area contributed by atoms with E-state index in [1.165, 1.54) is 4.57 Å². The van der Waals surface area contributed by atoms with E-state index in [1.54, 1.807) is 35.0 Å². The molecule has 0 spiro atoms. The lowest BCUT2D eigenvalue weighted by molar-refractivity contribution is 0.174. The number of aromatic nitrogens is 3. The molecule has 0 N–H and O–H groups in total. The van der Waals surface area contributed by atoms with Gasteiger partial charge in [-0.15, -0.1) is 0 Å². The predicted molar refractivity (Wildman–Crippen MR) is 115 cm³/mol. The first-order valence-corrected chi connectivity index (χ1v) is 10.1. The molecule has 7 nitrogen and oxygen atoms in total. The number of hydrogen-bond donors (Lipinski definition) is 0. The average Bonchev–Trinajstić information content (AvgIpc) is 3.23.